The zero-order chi connectivity index (χ0) is 17.9. The van der Waals surface area contributed by atoms with E-state index < -0.39 is 17.2 Å². The molecule has 0 aliphatic rings. The maximum Gasteiger partial charge on any atom is 0.118 e. The van der Waals surface area contributed by atoms with E-state index in [0.717, 1.165) is 37.2 Å². The molecule has 0 amide bonds. The van der Waals surface area contributed by atoms with E-state index in [-0.39, 0.29) is 0 Å². The van der Waals surface area contributed by atoms with Gasteiger partial charge in [0.05, 0.1) is 22.2 Å². The molecule has 3 nitrogen and oxygen atoms in total. The second-order valence-corrected chi connectivity index (χ2v) is 15.6. The normalized spacial score (nSPS) is 12.2. The lowest BCUT2D eigenvalue weighted by Gasteiger charge is -2.40. The lowest BCUT2D eigenvalue weighted by Crippen LogP contribution is -2.54. The fourth-order valence-electron chi connectivity index (χ4n) is 2.70. The molecule has 0 spiro atoms. The molecule has 0 saturated carbocycles. The largest absolute Gasteiger partial charge is 0.377 e. The van der Waals surface area contributed by atoms with Gasteiger partial charge >= 0.3 is 0 Å². The molecular weight excluding hydrogens is 318 g/mol. The Bertz CT molecular complexity index is 335. The lowest BCUT2D eigenvalue weighted by atomic mass is 10.4. The Morgan fingerprint density at radius 1 is 0.957 bits per heavy atom. The highest BCUT2D eigenvalue weighted by Gasteiger charge is 2.32. The molecule has 0 unspecified atom stereocenters. The first-order valence-corrected chi connectivity index (χ1v) is 14.5. The van der Waals surface area contributed by atoms with E-state index in [1.54, 1.807) is 0 Å². The summed E-state index contributed by atoms with van der Waals surface area (Å²) in [6.07, 6.45) is 2.32. The summed E-state index contributed by atoms with van der Waals surface area (Å²) in [5.74, 6) is 0. The highest BCUT2D eigenvalue weighted by molar-refractivity contribution is 6.84. The number of rotatable bonds is 14. The van der Waals surface area contributed by atoms with Gasteiger partial charge in [0.2, 0.25) is 0 Å². The summed E-state index contributed by atoms with van der Waals surface area (Å²) >= 11 is 0. The SMILES string of the molecule is C=C(C)COCCC[Si](C)(CCCOCC(=C)C)N(C)[SiH](C)C. The molecule has 5 heteroatoms. The maximum atomic E-state index is 5.68. The van der Waals surface area contributed by atoms with E-state index in [4.69, 9.17) is 9.47 Å². The minimum Gasteiger partial charge on any atom is -0.377 e. The van der Waals surface area contributed by atoms with Gasteiger partial charge in [0.25, 0.3) is 0 Å². The summed E-state index contributed by atoms with van der Waals surface area (Å²) in [6.45, 7) is 22.3. The summed E-state index contributed by atoms with van der Waals surface area (Å²) in [5.41, 5.74) is 2.21. The molecule has 0 aliphatic heterocycles. The monoisotopic (exact) mass is 357 g/mol. The van der Waals surface area contributed by atoms with Gasteiger partial charge in [0.15, 0.2) is 0 Å². The zero-order valence-corrected chi connectivity index (χ0v) is 18.6. The predicted octanol–water partition coefficient (Wildman–Crippen LogP) is 4.44. The van der Waals surface area contributed by atoms with Gasteiger partial charge in [-0.2, -0.15) is 0 Å². The Balaban J connectivity index is 4.29. The van der Waals surface area contributed by atoms with Crippen LogP contribution in [-0.4, -0.2) is 54.9 Å². The highest BCUT2D eigenvalue weighted by atomic mass is 28.4. The first-order valence-electron chi connectivity index (χ1n) is 8.86. The van der Waals surface area contributed by atoms with E-state index in [1.807, 2.05) is 13.8 Å². The number of hydrogen-bond donors (Lipinski definition) is 0. The van der Waals surface area contributed by atoms with Gasteiger partial charge in [-0.1, -0.05) is 43.9 Å². The second kappa shape index (κ2) is 12.2. The molecule has 0 bridgehead atoms. The van der Waals surface area contributed by atoms with Gasteiger partial charge in [-0.3, -0.25) is 0 Å². The minimum absolute atomic E-state index is 0.696. The molecule has 23 heavy (non-hydrogen) atoms. The van der Waals surface area contributed by atoms with Crippen LogP contribution in [-0.2, 0) is 9.47 Å². The third-order valence-corrected chi connectivity index (χ3v) is 13.9. The molecule has 0 aromatic heterocycles. The molecule has 0 rings (SSSR count). The van der Waals surface area contributed by atoms with Crippen molar-refractivity contribution >= 4 is 17.2 Å². The van der Waals surface area contributed by atoms with Crippen molar-refractivity contribution < 1.29 is 9.47 Å². The number of nitrogens with zero attached hydrogens (tertiary/aromatic N) is 1. The van der Waals surface area contributed by atoms with E-state index in [9.17, 15) is 0 Å². The van der Waals surface area contributed by atoms with Gasteiger partial charge in [0.1, 0.15) is 8.24 Å². The van der Waals surface area contributed by atoms with Gasteiger partial charge < -0.3 is 13.7 Å². The molecule has 136 valence electrons. The molecule has 0 saturated heterocycles. The van der Waals surface area contributed by atoms with Gasteiger partial charge in [0, 0.05) is 13.2 Å². The van der Waals surface area contributed by atoms with Gasteiger partial charge in [-0.15, -0.1) is 0 Å². The van der Waals surface area contributed by atoms with E-state index in [1.165, 1.54) is 12.1 Å². The summed E-state index contributed by atoms with van der Waals surface area (Å²) in [4.78, 5) is 0. The Hall–Kier alpha value is -0.206. The van der Waals surface area contributed by atoms with Gasteiger partial charge in [-0.25, -0.2) is 0 Å². The third-order valence-electron chi connectivity index (χ3n) is 4.33. The second-order valence-electron chi connectivity index (χ2n) is 7.43. The van der Waals surface area contributed by atoms with Crippen LogP contribution in [0.1, 0.15) is 26.7 Å². The van der Waals surface area contributed by atoms with E-state index >= 15 is 0 Å². The van der Waals surface area contributed by atoms with Gasteiger partial charge in [-0.05, 0) is 45.8 Å². The van der Waals surface area contributed by atoms with Crippen molar-refractivity contribution in [2.75, 3.05) is 33.5 Å². The highest BCUT2D eigenvalue weighted by Crippen LogP contribution is 2.24. The molecule has 0 fully saturated rings. The quantitative estimate of drug-likeness (QED) is 0.260. The fraction of sp³-hybridized carbons (Fsp3) is 0.778. The molecule has 0 atom stereocenters. The number of hydrogen-bond acceptors (Lipinski definition) is 3. The average molecular weight is 358 g/mol. The molecule has 0 aromatic rings. The van der Waals surface area contributed by atoms with E-state index in [0.29, 0.717) is 13.2 Å². The van der Waals surface area contributed by atoms with Crippen LogP contribution in [0.4, 0.5) is 0 Å². The Kier molecular flexibility index (Phi) is 12.1. The van der Waals surface area contributed by atoms with Crippen molar-refractivity contribution in [3.63, 3.8) is 0 Å². The Morgan fingerprint density at radius 2 is 1.35 bits per heavy atom. The Morgan fingerprint density at radius 3 is 1.65 bits per heavy atom. The third kappa shape index (κ3) is 11.1. The summed E-state index contributed by atoms with van der Waals surface area (Å²) < 4.78 is 14.1. The first-order chi connectivity index (χ1) is 10.7. The molecular formula is C18H39NO2Si2. The zero-order valence-electron chi connectivity index (χ0n) is 16.4. The standard InChI is InChI=1S/C18H39NO2Si2/c1-17(2)15-20-11-9-13-23(8,19(5)22(6)7)14-10-12-21-16-18(3)4/h22H,1,3,9-16H2,2,4-8H3. The summed E-state index contributed by atoms with van der Waals surface area (Å²) in [7, 11) is 0.219. The first kappa shape index (κ1) is 22.8. The van der Waals surface area contributed by atoms with Crippen molar-refractivity contribution in [3.05, 3.63) is 24.3 Å². The smallest absolute Gasteiger partial charge is 0.118 e. The van der Waals surface area contributed by atoms with E-state index in [2.05, 4.69) is 44.1 Å². The minimum atomic E-state index is -1.38. The van der Waals surface area contributed by atoms with Crippen LogP contribution in [0.2, 0.25) is 31.7 Å². The van der Waals surface area contributed by atoms with Crippen molar-refractivity contribution in [2.45, 2.75) is 58.4 Å². The lowest BCUT2D eigenvalue weighted by molar-refractivity contribution is 0.155. The van der Waals surface area contributed by atoms with Crippen LogP contribution in [0.3, 0.4) is 0 Å². The van der Waals surface area contributed by atoms with Crippen molar-refractivity contribution in [2.24, 2.45) is 0 Å². The molecule has 0 radical (unpaired) electrons. The van der Waals surface area contributed by atoms with Crippen molar-refractivity contribution in [1.82, 2.24) is 4.23 Å². The van der Waals surface area contributed by atoms with Crippen LogP contribution >= 0.6 is 0 Å². The Labute approximate surface area is 147 Å². The topological polar surface area (TPSA) is 21.7 Å². The van der Waals surface area contributed by atoms with Crippen LogP contribution in [0.15, 0.2) is 24.3 Å². The average Bonchev–Trinajstić information content (AvgIpc) is 2.44. The number of ether oxygens (including phenoxy) is 2. The molecule has 0 aromatic carbocycles. The molecule has 0 heterocycles. The summed E-state index contributed by atoms with van der Waals surface area (Å²) in [5, 5.41) is 0. The molecule has 0 aliphatic carbocycles. The fourth-order valence-corrected chi connectivity index (χ4v) is 11.2. The van der Waals surface area contributed by atoms with Crippen molar-refractivity contribution in [1.29, 1.82) is 0 Å². The predicted molar refractivity (Wildman–Crippen MR) is 108 cm³/mol. The van der Waals surface area contributed by atoms with Crippen LogP contribution in [0, 0.1) is 0 Å². The maximum absolute atomic E-state index is 5.68. The molecule has 0 N–H and O–H groups in total. The van der Waals surface area contributed by atoms with Crippen LogP contribution < -0.4 is 0 Å². The van der Waals surface area contributed by atoms with Crippen molar-refractivity contribution in [3.8, 4) is 0 Å². The summed E-state index contributed by atoms with van der Waals surface area (Å²) in [6, 6.07) is 2.62. The van der Waals surface area contributed by atoms with Crippen LogP contribution in [0.5, 0.6) is 0 Å². The van der Waals surface area contributed by atoms with Crippen LogP contribution in [0.25, 0.3) is 0 Å².